The van der Waals surface area contributed by atoms with E-state index in [0.717, 1.165) is 0 Å². The molecule has 0 fully saturated rings. The van der Waals surface area contributed by atoms with Gasteiger partial charge in [-0.2, -0.15) is 10.2 Å². The molecular formula is C21H22ClFN4O4S. The number of rotatable bonds is 8. The van der Waals surface area contributed by atoms with E-state index in [0.29, 0.717) is 27.5 Å². The lowest BCUT2D eigenvalue weighted by Gasteiger charge is -2.15. The van der Waals surface area contributed by atoms with Crippen LogP contribution in [0.2, 0.25) is 5.02 Å². The van der Waals surface area contributed by atoms with E-state index >= 15 is 4.39 Å². The number of hydrogen-bond donors (Lipinski definition) is 2. The lowest BCUT2D eigenvalue weighted by atomic mass is 9.99. The van der Waals surface area contributed by atoms with Crippen molar-refractivity contribution >= 4 is 35.4 Å². The van der Waals surface area contributed by atoms with Gasteiger partial charge >= 0.3 is 12.0 Å². The second-order valence-electron chi connectivity index (χ2n) is 6.64. The predicted octanol–water partition coefficient (Wildman–Crippen LogP) is 4.37. The fraction of sp³-hybridized carbons (Fsp3) is 0.333. The zero-order chi connectivity index (χ0) is 23.1. The van der Waals surface area contributed by atoms with Gasteiger partial charge in [0.05, 0.1) is 19.3 Å². The van der Waals surface area contributed by atoms with Crippen LogP contribution in [-0.4, -0.2) is 43.1 Å². The molecule has 0 saturated carbocycles. The number of azo groups is 1. The van der Waals surface area contributed by atoms with Gasteiger partial charge < -0.3 is 20.1 Å². The van der Waals surface area contributed by atoms with Gasteiger partial charge in [0.2, 0.25) is 0 Å². The van der Waals surface area contributed by atoms with Crippen molar-refractivity contribution in [3.63, 3.8) is 0 Å². The first-order chi connectivity index (χ1) is 15.4. The van der Waals surface area contributed by atoms with Gasteiger partial charge in [0.1, 0.15) is 23.5 Å². The Morgan fingerprint density at radius 3 is 2.78 bits per heavy atom. The smallest absolute Gasteiger partial charge is 0.325 e. The lowest BCUT2D eigenvalue weighted by Crippen LogP contribution is -2.42. The first kappa shape index (κ1) is 23.8. The largest absolute Gasteiger partial charge is 0.496 e. The molecule has 0 aromatic heterocycles. The van der Waals surface area contributed by atoms with Crippen molar-refractivity contribution in [3.05, 3.63) is 52.8 Å². The molecule has 2 N–H and O–H groups in total. The number of esters is 1. The minimum absolute atomic E-state index is 0.234. The molecule has 2 atom stereocenters. The fourth-order valence-corrected chi connectivity index (χ4v) is 4.20. The standard InChI is InChI=1S/C21H22ClFN4O4S/c1-3-31-17(28)11-24-20(29)25-21-27-26-16(32-21)10-13-7-8-15(30-2)18(19(13)23)12-5-4-6-14(22)9-12/h4-9,16,21H,3,10-11H2,1-2H3,(H2,24,25,29). The zero-order valence-electron chi connectivity index (χ0n) is 17.4. The van der Waals surface area contributed by atoms with E-state index in [2.05, 4.69) is 20.9 Å². The zero-order valence-corrected chi connectivity index (χ0v) is 19.0. The summed E-state index contributed by atoms with van der Waals surface area (Å²) in [4.78, 5) is 23.2. The monoisotopic (exact) mass is 480 g/mol. The number of nitrogens with one attached hydrogen (secondary N) is 2. The van der Waals surface area contributed by atoms with Crippen molar-refractivity contribution in [2.24, 2.45) is 10.2 Å². The molecule has 2 aromatic carbocycles. The summed E-state index contributed by atoms with van der Waals surface area (Å²) in [6, 6.07) is 9.66. The molecule has 32 heavy (non-hydrogen) atoms. The highest BCUT2D eigenvalue weighted by molar-refractivity contribution is 8.00. The molecule has 2 amide bonds. The predicted molar refractivity (Wildman–Crippen MR) is 120 cm³/mol. The van der Waals surface area contributed by atoms with Crippen molar-refractivity contribution < 1.29 is 23.5 Å². The first-order valence-corrected chi connectivity index (χ1v) is 11.1. The Bertz CT molecular complexity index is 1020. The fourth-order valence-electron chi connectivity index (χ4n) is 3.05. The molecule has 0 aliphatic carbocycles. The number of methoxy groups -OCH3 is 1. The summed E-state index contributed by atoms with van der Waals surface area (Å²) < 4.78 is 25.5. The van der Waals surface area contributed by atoms with Gasteiger partial charge in [-0.15, -0.1) is 0 Å². The van der Waals surface area contributed by atoms with Crippen LogP contribution in [0.1, 0.15) is 12.5 Å². The van der Waals surface area contributed by atoms with Crippen molar-refractivity contribution in [1.82, 2.24) is 10.6 Å². The lowest BCUT2D eigenvalue weighted by molar-refractivity contribution is -0.141. The normalized spacial score (nSPS) is 17.1. The average molecular weight is 481 g/mol. The third-order valence-corrected chi connectivity index (χ3v) is 5.73. The van der Waals surface area contributed by atoms with E-state index in [1.807, 2.05) is 0 Å². The van der Waals surface area contributed by atoms with Crippen LogP contribution in [0.5, 0.6) is 5.75 Å². The average Bonchev–Trinajstić information content (AvgIpc) is 3.20. The molecule has 0 bridgehead atoms. The highest BCUT2D eigenvalue weighted by Gasteiger charge is 2.27. The van der Waals surface area contributed by atoms with Gasteiger partial charge in [0, 0.05) is 11.4 Å². The number of amides is 2. The van der Waals surface area contributed by atoms with Crippen LogP contribution in [0.15, 0.2) is 46.6 Å². The summed E-state index contributed by atoms with van der Waals surface area (Å²) in [6.45, 7) is 1.66. The summed E-state index contributed by atoms with van der Waals surface area (Å²) >= 11 is 7.33. The molecule has 0 spiro atoms. The Labute approximate surface area is 193 Å². The molecule has 3 rings (SSSR count). The molecule has 0 saturated heterocycles. The van der Waals surface area contributed by atoms with E-state index < -0.39 is 23.3 Å². The Morgan fingerprint density at radius 2 is 2.06 bits per heavy atom. The van der Waals surface area contributed by atoms with Gasteiger partial charge in [-0.25, -0.2) is 9.18 Å². The number of ether oxygens (including phenoxy) is 2. The van der Waals surface area contributed by atoms with Crippen molar-refractivity contribution in [2.75, 3.05) is 20.3 Å². The van der Waals surface area contributed by atoms with Crippen molar-refractivity contribution in [2.45, 2.75) is 24.2 Å². The molecule has 1 aliphatic rings. The van der Waals surface area contributed by atoms with E-state index in [1.54, 1.807) is 43.3 Å². The molecule has 1 heterocycles. The molecule has 2 aromatic rings. The number of halogens is 2. The van der Waals surface area contributed by atoms with Crippen LogP contribution in [0, 0.1) is 5.82 Å². The van der Waals surface area contributed by atoms with Crippen LogP contribution in [0.25, 0.3) is 11.1 Å². The second-order valence-corrected chi connectivity index (χ2v) is 8.34. The third-order valence-electron chi connectivity index (χ3n) is 4.45. The van der Waals surface area contributed by atoms with Crippen LogP contribution in [-0.2, 0) is 16.0 Å². The van der Waals surface area contributed by atoms with Crippen LogP contribution >= 0.6 is 23.4 Å². The Morgan fingerprint density at radius 1 is 1.25 bits per heavy atom. The quantitative estimate of drug-likeness (QED) is 0.546. The maximum Gasteiger partial charge on any atom is 0.325 e. The first-order valence-electron chi connectivity index (χ1n) is 9.78. The number of benzene rings is 2. The Hall–Kier alpha value is -2.85. The Balaban J connectivity index is 1.64. The number of nitrogens with zero attached hydrogens (tertiary/aromatic N) is 2. The number of thioether (sulfide) groups is 1. The molecule has 0 radical (unpaired) electrons. The summed E-state index contributed by atoms with van der Waals surface area (Å²) in [5, 5.41) is 13.2. The van der Waals surface area contributed by atoms with Crippen LogP contribution < -0.4 is 15.4 Å². The molecule has 11 heteroatoms. The maximum atomic E-state index is 15.4. The van der Waals surface area contributed by atoms with Gasteiger partial charge in [-0.1, -0.05) is 41.6 Å². The van der Waals surface area contributed by atoms with E-state index in [1.165, 1.54) is 18.9 Å². The number of urea groups is 1. The Kier molecular flexibility index (Phi) is 8.29. The molecule has 1 aliphatic heterocycles. The molecule has 170 valence electrons. The molecule has 2 unspecified atom stereocenters. The van der Waals surface area contributed by atoms with E-state index in [4.69, 9.17) is 21.1 Å². The van der Waals surface area contributed by atoms with Gasteiger partial charge in [-0.3, -0.25) is 4.79 Å². The number of carbonyl (C=O) groups excluding carboxylic acids is 2. The summed E-state index contributed by atoms with van der Waals surface area (Å²) in [6.07, 6.45) is 0.264. The number of hydrogen-bond acceptors (Lipinski definition) is 7. The van der Waals surface area contributed by atoms with Gasteiger partial charge in [0.25, 0.3) is 0 Å². The molecular weight excluding hydrogens is 459 g/mol. The summed E-state index contributed by atoms with van der Waals surface area (Å²) in [7, 11) is 1.48. The SMILES string of the molecule is CCOC(=O)CNC(=O)NC1N=NC(Cc2ccc(OC)c(-c3cccc(Cl)c3)c2F)S1. The maximum absolute atomic E-state index is 15.4. The molecule has 8 nitrogen and oxygen atoms in total. The van der Waals surface area contributed by atoms with Crippen molar-refractivity contribution in [3.8, 4) is 16.9 Å². The topological polar surface area (TPSA) is 101 Å². The second kappa shape index (κ2) is 11.1. The van der Waals surface area contributed by atoms with Gasteiger partial charge in [-0.05, 0) is 36.2 Å². The van der Waals surface area contributed by atoms with Gasteiger partial charge in [0.15, 0.2) is 5.50 Å². The van der Waals surface area contributed by atoms with Crippen LogP contribution in [0.4, 0.5) is 9.18 Å². The summed E-state index contributed by atoms with van der Waals surface area (Å²) in [5.74, 6) is -0.565. The third kappa shape index (κ3) is 6.10. The summed E-state index contributed by atoms with van der Waals surface area (Å²) in [5.41, 5.74) is 0.716. The minimum atomic E-state index is -0.643. The number of carbonyl (C=O) groups is 2. The highest BCUT2D eigenvalue weighted by atomic mass is 35.5. The minimum Gasteiger partial charge on any atom is -0.496 e. The van der Waals surface area contributed by atoms with Crippen LogP contribution in [0.3, 0.4) is 0 Å². The van der Waals surface area contributed by atoms with E-state index in [9.17, 15) is 9.59 Å². The van der Waals surface area contributed by atoms with Crippen molar-refractivity contribution in [1.29, 1.82) is 0 Å². The highest BCUT2D eigenvalue weighted by Crippen LogP contribution is 2.37. The van der Waals surface area contributed by atoms with E-state index in [-0.39, 0.29) is 24.9 Å².